The van der Waals surface area contributed by atoms with E-state index in [9.17, 15) is 14.4 Å². The number of aryl methyl sites for hydroxylation is 1. The third-order valence-electron chi connectivity index (χ3n) is 4.77. The van der Waals surface area contributed by atoms with Crippen LogP contribution in [0.1, 0.15) is 28.4 Å². The quantitative estimate of drug-likeness (QED) is 0.180. The van der Waals surface area contributed by atoms with Crippen molar-refractivity contribution in [3.05, 3.63) is 88.4 Å². The summed E-state index contributed by atoms with van der Waals surface area (Å²) < 4.78 is 10.6. The van der Waals surface area contributed by atoms with Crippen LogP contribution in [0.15, 0.2) is 71.8 Å². The van der Waals surface area contributed by atoms with Gasteiger partial charge in [-0.05, 0) is 73.5 Å². The Morgan fingerprint density at radius 2 is 1.65 bits per heavy atom. The maximum atomic E-state index is 12.4. The van der Waals surface area contributed by atoms with Gasteiger partial charge in [0.25, 0.3) is 0 Å². The highest BCUT2D eigenvalue weighted by atomic mass is 35.5. The Morgan fingerprint density at radius 1 is 0.941 bits per heavy atom. The molecule has 0 aliphatic rings. The zero-order valence-corrected chi connectivity index (χ0v) is 19.5. The molecule has 34 heavy (non-hydrogen) atoms. The molecule has 0 saturated carbocycles. The molecule has 0 spiro atoms. The lowest BCUT2D eigenvalue weighted by Crippen LogP contribution is -2.32. The molecule has 0 unspecified atom stereocenters. The standard InChI is InChI=1S/C25H22ClN3O5/c1-15-8-11-18(14-21(15)26)27-23(30)24(31)29-28-16(2)17-9-12-19(13-10-17)34-25(32)20-6-4-5-7-22(20)33-3/h4-14H,1-3H3,(H,27,30)(H,29,31). The second-order valence-corrected chi connectivity index (χ2v) is 7.58. The molecule has 0 aliphatic heterocycles. The van der Waals surface area contributed by atoms with E-state index in [1.165, 1.54) is 7.11 Å². The first-order valence-electron chi connectivity index (χ1n) is 10.2. The second-order valence-electron chi connectivity index (χ2n) is 7.17. The molecule has 2 amide bonds. The van der Waals surface area contributed by atoms with Crippen LogP contribution in [0.3, 0.4) is 0 Å². The van der Waals surface area contributed by atoms with E-state index in [0.29, 0.717) is 39.0 Å². The summed E-state index contributed by atoms with van der Waals surface area (Å²) in [5.41, 5.74) is 4.87. The average Bonchev–Trinajstić information content (AvgIpc) is 2.84. The van der Waals surface area contributed by atoms with Crippen LogP contribution in [0.4, 0.5) is 5.69 Å². The molecule has 0 atom stereocenters. The predicted octanol–water partition coefficient (Wildman–Crippen LogP) is 4.36. The summed E-state index contributed by atoms with van der Waals surface area (Å²) in [6.07, 6.45) is 0. The van der Waals surface area contributed by atoms with Crippen LogP contribution in [0.2, 0.25) is 5.02 Å². The van der Waals surface area contributed by atoms with Crippen molar-refractivity contribution in [2.24, 2.45) is 5.10 Å². The summed E-state index contributed by atoms with van der Waals surface area (Å²) in [6, 6.07) is 18.2. The maximum absolute atomic E-state index is 12.4. The van der Waals surface area contributed by atoms with E-state index in [1.807, 2.05) is 6.92 Å². The number of carbonyl (C=O) groups excluding carboxylic acids is 3. The molecular weight excluding hydrogens is 458 g/mol. The van der Waals surface area contributed by atoms with E-state index in [1.54, 1.807) is 73.7 Å². The molecule has 0 aliphatic carbocycles. The van der Waals surface area contributed by atoms with Crippen LogP contribution in [-0.4, -0.2) is 30.6 Å². The monoisotopic (exact) mass is 479 g/mol. The molecule has 0 heterocycles. The Morgan fingerprint density at radius 3 is 2.32 bits per heavy atom. The molecular formula is C25H22ClN3O5. The lowest BCUT2D eigenvalue weighted by Gasteiger charge is -2.09. The first-order valence-corrected chi connectivity index (χ1v) is 10.5. The van der Waals surface area contributed by atoms with Gasteiger partial charge in [-0.25, -0.2) is 10.2 Å². The minimum Gasteiger partial charge on any atom is -0.496 e. The molecule has 0 aromatic heterocycles. The number of methoxy groups -OCH3 is 1. The molecule has 0 fully saturated rings. The Hall–Kier alpha value is -4.17. The number of hydrogen-bond acceptors (Lipinski definition) is 6. The van der Waals surface area contributed by atoms with E-state index >= 15 is 0 Å². The van der Waals surface area contributed by atoms with Crippen molar-refractivity contribution in [1.82, 2.24) is 5.43 Å². The number of ether oxygens (including phenoxy) is 2. The number of carbonyl (C=O) groups is 3. The number of esters is 1. The number of hydrogen-bond donors (Lipinski definition) is 2. The van der Waals surface area contributed by atoms with Gasteiger partial charge < -0.3 is 14.8 Å². The Balaban J connectivity index is 1.58. The summed E-state index contributed by atoms with van der Waals surface area (Å²) in [6.45, 7) is 3.49. The molecule has 9 heteroatoms. The zero-order chi connectivity index (χ0) is 24.7. The van der Waals surface area contributed by atoms with Crippen molar-refractivity contribution in [2.75, 3.05) is 12.4 Å². The summed E-state index contributed by atoms with van der Waals surface area (Å²) >= 11 is 6.02. The Labute approximate surface area is 201 Å². The highest BCUT2D eigenvalue weighted by molar-refractivity contribution is 6.40. The number of nitrogens with one attached hydrogen (secondary N) is 2. The summed E-state index contributed by atoms with van der Waals surface area (Å²) in [5.74, 6) is -1.62. The fraction of sp³-hybridized carbons (Fsp3) is 0.120. The normalized spacial score (nSPS) is 10.9. The largest absolute Gasteiger partial charge is 0.496 e. The van der Waals surface area contributed by atoms with Gasteiger partial charge in [0, 0.05) is 10.7 Å². The maximum Gasteiger partial charge on any atom is 0.347 e. The number of benzene rings is 3. The van der Waals surface area contributed by atoms with E-state index in [4.69, 9.17) is 21.1 Å². The zero-order valence-electron chi connectivity index (χ0n) is 18.7. The molecule has 0 radical (unpaired) electrons. The van der Waals surface area contributed by atoms with Gasteiger partial charge in [-0.1, -0.05) is 29.8 Å². The topological polar surface area (TPSA) is 106 Å². The lowest BCUT2D eigenvalue weighted by atomic mass is 10.1. The minimum atomic E-state index is -0.932. The number of rotatable bonds is 6. The van der Waals surface area contributed by atoms with Crippen molar-refractivity contribution >= 4 is 40.8 Å². The Kier molecular flexibility index (Phi) is 8.00. The van der Waals surface area contributed by atoms with Gasteiger partial charge >= 0.3 is 17.8 Å². The van der Waals surface area contributed by atoms with Gasteiger partial charge in [0.2, 0.25) is 0 Å². The third kappa shape index (κ3) is 6.20. The van der Waals surface area contributed by atoms with Crippen molar-refractivity contribution in [3.8, 4) is 11.5 Å². The average molecular weight is 480 g/mol. The van der Waals surface area contributed by atoms with Crippen LogP contribution >= 0.6 is 11.6 Å². The van der Waals surface area contributed by atoms with E-state index in [-0.39, 0.29) is 0 Å². The van der Waals surface area contributed by atoms with Gasteiger partial charge in [0.15, 0.2) is 0 Å². The van der Waals surface area contributed by atoms with Crippen LogP contribution in [0.5, 0.6) is 11.5 Å². The molecule has 3 rings (SSSR count). The SMILES string of the molecule is COc1ccccc1C(=O)Oc1ccc(C(C)=NNC(=O)C(=O)Nc2ccc(C)c(Cl)c2)cc1. The molecule has 0 saturated heterocycles. The van der Waals surface area contributed by atoms with Crippen LogP contribution in [-0.2, 0) is 9.59 Å². The van der Waals surface area contributed by atoms with Crippen LogP contribution in [0, 0.1) is 6.92 Å². The molecule has 3 aromatic carbocycles. The number of nitrogens with zero attached hydrogens (tertiary/aromatic N) is 1. The van der Waals surface area contributed by atoms with Gasteiger partial charge in [-0.15, -0.1) is 0 Å². The third-order valence-corrected chi connectivity index (χ3v) is 5.18. The minimum absolute atomic E-state index is 0.306. The number of para-hydroxylation sites is 1. The molecule has 174 valence electrons. The van der Waals surface area contributed by atoms with Gasteiger partial charge in [-0.3, -0.25) is 9.59 Å². The highest BCUT2D eigenvalue weighted by Gasteiger charge is 2.15. The van der Waals surface area contributed by atoms with Crippen molar-refractivity contribution in [2.45, 2.75) is 13.8 Å². The van der Waals surface area contributed by atoms with E-state index in [0.717, 1.165) is 5.56 Å². The predicted molar refractivity (Wildman–Crippen MR) is 130 cm³/mol. The van der Waals surface area contributed by atoms with Crippen LogP contribution < -0.4 is 20.2 Å². The molecule has 3 aromatic rings. The molecule has 2 N–H and O–H groups in total. The van der Waals surface area contributed by atoms with Crippen LogP contribution in [0.25, 0.3) is 0 Å². The van der Waals surface area contributed by atoms with Gasteiger partial charge in [0.1, 0.15) is 17.1 Å². The van der Waals surface area contributed by atoms with Crippen molar-refractivity contribution in [3.63, 3.8) is 0 Å². The van der Waals surface area contributed by atoms with Crippen molar-refractivity contribution < 1.29 is 23.9 Å². The summed E-state index contributed by atoms with van der Waals surface area (Å²) in [5, 5.41) is 6.89. The van der Waals surface area contributed by atoms with Gasteiger partial charge in [0.05, 0.1) is 12.8 Å². The fourth-order valence-electron chi connectivity index (χ4n) is 2.85. The van der Waals surface area contributed by atoms with E-state index < -0.39 is 17.8 Å². The first kappa shape index (κ1) is 24.5. The number of amides is 2. The highest BCUT2D eigenvalue weighted by Crippen LogP contribution is 2.21. The van der Waals surface area contributed by atoms with Crippen molar-refractivity contribution in [1.29, 1.82) is 0 Å². The number of hydrazone groups is 1. The summed E-state index contributed by atoms with van der Waals surface area (Å²) in [4.78, 5) is 36.5. The first-order chi connectivity index (χ1) is 16.3. The fourth-order valence-corrected chi connectivity index (χ4v) is 3.03. The number of halogens is 1. The Bertz CT molecular complexity index is 1260. The van der Waals surface area contributed by atoms with Gasteiger partial charge in [-0.2, -0.15) is 5.10 Å². The second kappa shape index (κ2) is 11.1. The lowest BCUT2D eigenvalue weighted by molar-refractivity contribution is -0.136. The summed E-state index contributed by atoms with van der Waals surface area (Å²) in [7, 11) is 1.48. The smallest absolute Gasteiger partial charge is 0.347 e. The molecule has 8 nitrogen and oxygen atoms in total. The number of anilines is 1. The molecule has 0 bridgehead atoms. The van der Waals surface area contributed by atoms with E-state index in [2.05, 4.69) is 15.8 Å².